The minimum atomic E-state index is -0.616. The number of hydrogen-bond donors (Lipinski definition) is 2. The Morgan fingerprint density at radius 1 is 1.50 bits per heavy atom. The smallest absolute Gasteiger partial charge is 0.254 e. The number of rotatable bonds is 6. The Bertz CT molecular complexity index is 595. The maximum atomic E-state index is 13.6. The molecule has 0 aliphatic heterocycles. The summed E-state index contributed by atoms with van der Waals surface area (Å²) in [5.41, 5.74) is 11.8. The third kappa shape index (κ3) is 4.00. The predicted molar refractivity (Wildman–Crippen MR) is 84.1 cm³/mol. The molecule has 1 atom stereocenters. The van der Waals surface area contributed by atoms with E-state index in [-0.39, 0.29) is 17.5 Å². The van der Waals surface area contributed by atoms with Gasteiger partial charge in [0.2, 0.25) is 0 Å². The average molecular weight is 307 g/mol. The summed E-state index contributed by atoms with van der Waals surface area (Å²) in [6.45, 7) is 7.63. The molecule has 0 aliphatic rings. The van der Waals surface area contributed by atoms with Crippen molar-refractivity contribution in [2.75, 3.05) is 13.6 Å². The molecule has 0 radical (unpaired) electrons. The van der Waals surface area contributed by atoms with Crippen LogP contribution in [0.25, 0.3) is 0 Å². The van der Waals surface area contributed by atoms with Gasteiger partial charge in [0.15, 0.2) is 5.76 Å². The van der Waals surface area contributed by atoms with Crippen molar-refractivity contribution in [3.8, 4) is 0 Å². The van der Waals surface area contributed by atoms with E-state index in [1.165, 1.54) is 29.2 Å². The number of ether oxygens (including phenoxy) is 1. The Morgan fingerprint density at radius 2 is 2.14 bits per heavy atom. The summed E-state index contributed by atoms with van der Waals surface area (Å²) in [6, 6.07) is 3.96. The highest BCUT2D eigenvalue weighted by molar-refractivity contribution is 5.95. The first-order chi connectivity index (χ1) is 10.3. The van der Waals surface area contributed by atoms with Crippen molar-refractivity contribution in [3.05, 3.63) is 59.4 Å². The standard InChI is InChI=1S/C16H22FN3O2/c1-5-14(15(18)19)22-10(3)13-9-11(17)7-8-12(13)16(21)20(4)6-2/h5,7-10H,1,6,18-19H2,2-4H3/t10-/m1/s1. The molecular weight excluding hydrogens is 285 g/mol. The van der Waals surface area contributed by atoms with Gasteiger partial charge in [-0.05, 0) is 38.1 Å². The fourth-order valence-electron chi connectivity index (χ4n) is 1.90. The van der Waals surface area contributed by atoms with E-state index in [1.54, 1.807) is 14.0 Å². The van der Waals surface area contributed by atoms with E-state index >= 15 is 0 Å². The zero-order valence-electron chi connectivity index (χ0n) is 13.1. The topological polar surface area (TPSA) is 81.6 Å². The van der Waals surface area contributed by atoms with Crippen molar-refractivity contribution in [2.24, 2.45) is 11.5 Å². The highest BCUT2D eigenvalue weighted by atomic mass is 19.1. The molecular formula is C16H22FN3O2. The summed E-state index contributed by atoms with van der Waals surface area (Å²) in [7, 11) is 1.67. The molecule has 5 nitrogen and oxygen atoms in total. The second-order valence-corrected chi connectivity index (χ2v) is 4.83. The fourth-order valence-corrected chi connectivity index (χ4v) is 1.90. The van der Waals surface area contributed by atoms with Crippen LogP contribution in [0.15, 0.2) is 42.4 Å². The molecule has 0 saturated heterocycles. The number of nitrogens with two attached hydrogens (primary N) is 2. The van der Waals surface area contributed by atoms with Gasteiger partial charge in [0, 0.05) is 24.7 Å². The molecule has 0 heterocycles. The maximum Gasteiger partial charge on any atom is 0.254 e. The first-order valence-electron chi connectivity index (χ1n) is 6.91. The number of amides is 1. The second-order valence-electron chi connectivity index (χ2n) is 4.83. The molecule has 1 aromatic carbocycles. The van der Waals surface area contributed by atoms with Crippen LogP contribution in [0.4, 0.5) is 4.39 Å². The normalized spacial score (nSPS) is 11.5. The van der Waals surface area contributed by atoms with Gasteiger partial charge < -0.3 is 21.1 Å². The summed E-state index contributed by atoms with van der Waals surface area (Å²) in [6.07, 6.45) is 0.750. The van der Waals surface area contributed by atoms with Gasteiger partial charge in [0.05, 0.1) is 0 Å². The zero-order chi connectivity index (χ0) is 16.9. The minimum Gasteiger partial charge on any atom is -0.482 e. The van der Waals surface area contributed by atoms with Crippen molar-refractivity contribution >= 4 is 5.91 Å². The second kappa shape index (κ2) is 7.49. The van der Waals surface area contributed by atoms with Gasteiger partial charge in [0.25, 0.3) is 5.91 Å². The Hall–Kier alpha value is -2.50. The first kappa shape index (κ1) is 17.6. The Labute approximate surface area is 130 Å². The highest BCUT2D eigenvalue weighted by Crippen LogP contribution is 2.26. The van der Waals surface area contributed by atoms with E-state index in [9.17, 15) is 9.18 Å². The Morgan fingerprint density at radius 3 is 2.64 bits per heavy atom. The lowest BCUT2D eigenvalue weighted by molar-refractivity contribution is 0.0791. The van der Waals surface area contributed by atoms with Crippen molar-refractivity contribution in [1.82, 2.24) is 4.90 Å². The van der Waals surface area contributed by atoms with Crippen molar-refractivity contribution in [1.29, 1.82) is 0 Å². The molecule has 0 fully saturated rings. The molecule has 1 aromatic rings. The molecule has 6 heteroatoms. The SMILES string of the molecule is C=CC(O[C@H](C)c1cc(F)ccc1C(=O)N(C)CC)=C(N)N. The van der Waals surface area contributed by atoms with Crippen LogP contribution in [0.1, 0.15) is 35.9 Å². The van der Waals surface area contributed by atoms with E-state index in [1.807, 2.05) is 6.92 Å². The molecule has 0 spiro atoms. The van der Waals surface area contributed by atoms with Gasteiger partial charge >= 0.3 is 0 Å². The molecule has 0 aliphatic carbocycles. The molecule has 4 N–H and O–H groups in total. The minimum absolute atomic E-state index is 0.0307. The lowest BCUT2D eigenvalue weighted by atomic mass is 10.0. The van der Waals surface area contributed by atoms with E-state index in [4.69, 9.17) is 16.2 Å². The summed E-state index contributed by atoms with van der Waals surface area (Å²) in [5.74, 6) is -0.500. The number of carbonyl (C=O) groups excluding carboxylic acids is 1. The molecule has 0 aromatic heterocycles. The van der Waals surface area contributed by atoms with Gasteiger partial charge in [-0.2, -0.15) is 0 Å². The summed E-state index contributed by atoms with van der Waals surface area (Å²) < 4.78 is 19.2. The Balaban J connectivity index is 3.22. The van der Waals surface area contributed by atoms with E-state index in [2.05, 4.69) is 6.58 Å². The van der Waals surface area contributed by atoms with Gasteiger partial charge in [-0.15, -0.1) is 0 Å². The number of nitrogens with zero attached hydrogens (tertiary/aromatic N) is 1. The average Bonchev–Trinajstić information content (AvgIpc) is 2.50. The van der Waals surface area contributed by atoms with Crippen LogP contribution in [0.5, 0.6) is 0 Å². The largest absolute Gasteiger partial charge is 0.482 e. The van der Waals surface area contributed by atoms with Crippen LogP contribution < -0.4 is 11.5 Å². The van der Waals surface area contributed by atoms with Gasteiger partial charge in [0.1, 0.15) is 17.7 Å². The molecule has 22 heavy (non-hydrogen) atoms. The first-order valence-corrected chi connectivity index (χ1v) is 6.91. The molecule has 1 rings (SSSR count). The molecule has 0 unspecified atom stereocenters. The Kier molecular flexibility index (Phi) is 5.98. The van der Waals surface area contributed by atoms with Crippen molar-refractivity contribution in [3.63, 3.8) is 0 Å². The monoisotopic (exact) mass is 307 g/mol. The lowest BCUT2D eigenvalue weighted by Gasteiger charge is -2.21. The summed E-state index contributed by atoms with van der Waals surface area (Å²) >= 11 is 0. The third-order valence-corrected chi connectivity index (χ3v) is 3.28. The van der Waals surface area contributed by atoms with E-state index in [0.29, 0.717) is 17.7 Å². The summed E-state index contributed by atoms with van der Waals surface area (Å²) in [4.78, 5) is 13.9. The van der Waals surface area contributed by atoms with Gasteiger partial charge in [-0.1, -0.05) is 6.58 Å². The van der Waals surface area contributed by atoms with Gasteiger partial charge in [-0.25, -0.2) is 4.39 Å². The molecule has 1 amide bonds. The van der Waals surface area contributed by atoms with Crippen LogP contribution in [-0.4, -0.2) is 24.4 Å². The van der Waals surface area contributed by atoms with Crippen molar-refractivity contribution < 1.29 is 13.9 Å². The molecule has 120 valence electrons. The zero-order valence-corrected chi connectivity index (χ0v) is 13.1. The van der Waals surface area contributed by atoms with E-state index < -0.39 is 11.9 Å². The van der Waals surface area contributed by atoms with E-state index in [0.717, 1.165) is 0 Å². The van der Waals surface area contributed by atoms with Crippen molar-refractivity contribution in [2.45, 2.75) is 20.0 Å². The third-order valence-electron chi connectivity index (χ3n) is 3.28. The van der Waals surface area contributed by atoms with Crippen LogP contribution >= 0.6 is 0 Å². The number of allylic oxidation sites excluding steroid dienone is 1. The number of carbonyl (C=O) groups is 1. The highest BCUT2D eigenvalue weighted by Gasteiger charge is 2.21. The van der Waals surface area contributed by atoms with Gasteiger partial charge in [-0.3, -0.25) is 4.79 Å². The van der Waals surface area contributed by atoms with Crippen LogP contribution in [-0.2, 0) is 4.74 Å². The number of hydrogen-bond acceptors (Lipinski definition) is 4. The van der Waals surface area contributed by atoms with Crippen LogP contribution in [0, 0.1) is 5.82 Å². The van der Waals surface area contributed by atoms with Crippen LogP contribution in [0.3, 0.4) is 0 Å². The fraction of sp³-hybridized carbons (Fsp3) is 0.312. The maximum absolute atomic E-state index is 13.6. The molecule has 0 bridgehead atoms. The summed E-state index contributed by atoms with van der Waals surface area (Å²) in [5, 5.41) is 0. The lowest BCUT2D eigenvalue weighted by Crippen LogP contribution is -2.27. The molecule has 0 saturated carbocycles. The quantitative estimate of drug-likeness (QED) is 0.624. The van der Waals surface area contributed by atoms with Crippen LogP contribution in [0.2, 0.25) is 0 Å². The number of halogens is 1. The predicted octanol–water partition coefficient (Wildman–Crippen LogP) is 2.27. The number of benzene rings is 1.